The lowest BCUT2D eigenvalue weighted by atomic mass is 10.1. The molecule has 0 spiro atoms. The number of hydrogen-bond acceptors (Lipinski definition) is 5. The summed E-state index contributed by atoms with van der Waals surface area (Å²) in [7, 11) is 0. The van der Waals surface area contributed by atoms with Gasteiger partial charge in [-0.15, -0.1) is 5.10 Å². The molecule has 1 saturated heterocycles. The summed E-state index contributed by atoms with van der Waals surface area (Å²) in [6.07, 6.45) is 2.18. The Labute approximate surface area is 136 Å². The first-order valence-corrected chi connectivity index (χ1v) is 8.03. The van der Waals surface area contributed by atoms with Crippen LogP contribution in [0.5, 0.6) is 0 Å². The first-order chi connectivity index (χ1) is 11.0. The van der Waals surface area contributed by atoms with E-state index < -0.39 is 0 Å². The number of hydrogen-bond donors (Lipinski definition) is 0. The Balaban J connectivity index is 1.92. The van der Waals surface area contributed by atoms with E-state index in [-0.39, 0.29) is 0 Å². The first kappa shape index (κ1) is 15.5. The maximum atomic E-state index is 9.55. The molecule has 1 atom stereocenters. The van der Waals surface area contributed by atoms with Crippen molar-refractivity contribution in [3.63, 3.8) is 0 Å². The number of rotatable bonds is 3. The van der Waals surface area contributed by atoms with E-state index in [0.29, 0.717) is 11.6 Å². The van der Waals surface area contributed by atoms with E-state index in [1.165, 1.54) is 5.69 Å². The molecule has 0 amide bonds. The summed E-state index contributed by atoms with van der Waals surface area (Å²) in [5.74, 6) is 0.722. The van der Waals surface area contributed by atoms with E-state index in [4.69, 9.17) is 0 Å². The van der Waals surface area contributed by atoms with Crippen molar-refractivity contribution in [2.24, 2.45) is 0 Å². The lowest BCUT2D eigenvalue weighted by Crippen LogP contribution is -2.35. The molecule has 2 aromatic heterocycles. The summed E-state index contributed by atoms with van der Waals surface area (Å²) in [4.78, 5) is 2.23. The molecule has 0 saturated carbocycles. The van der Waals surface area contributed by atoms with E-state index in [9.17, 15) is 5.26 Å². The van der Waals surface area contributed by atoms with Crippen molar-refractivity contribution in [2.45, 2.75) is 53.1 Å². The third kappa shape index (κ3) is 2.79. The van der Waals surface area contributed by atoms with Crippen molar-refractivity contribution in [1.29, 1.82) is 5.26 Å². The highest BCUT2D eigenvalue weighted by molar-refractivity contribution is 5.58. The molecule has 2 aromatic rings. The Morgan fingerprint density at radius 1 is 1.26 bits per heavy atom. The topological polar surface area (TPSA) is 70.6 Å². The summed E-state index contributed by atoms with van der Waals surface area (Å²) in [6, 6.07) is 4.71. The molecule has 0 radical (unpaired) electrons. The summed E-state index contributed by atoms with van der Waals surface area (Å²) < 4.78 is 2.05. The molecule has 120 valence electrons. The second-order valence-corrected chi connectivity index (χ2v) is 6.32. The van der Waals surface area contributed by atoms with E-state index in [1.54, 1.807) is 0 Å². The summed E-state index contributed by atoms with van der Waals surface area (Å²) in [5.41, 5.74) is 4.60. The minimum absolute atomic E-state index is 0.302. The van der Waals surface area contributed by atoms with Crippen molar-refractivity contribution >= 4 is 5.82 Å². The number of aromatic nitrogens is 4. The van der Waals surface area contributed by atoms with E-state index >= 15 is 0 Å². The van der Waals surface area contributed by atoms with Crippen LogP contribution in [0.25, 0.3) is 0 Å². The van der Waals surface area contributed by atoms with Crippen LogP contribution in [-0.2, 0) is 6.54 Å². The standard InChI is InChI=1S/C17H22N6/c1-11-8-12(2)23(21-11)10-15-6-5-7-22(15)17-16(9-18)13(3)14(4)19-20-17/h8,15H,5-7,10H2,1-4H3/t15-/m1/s1. The molecule has 0 aromatic carbocycles. The van der Waals surface area contributed by atoms with Gasteiger partial charge in [0, 0.05) is 12.2 Å². The number of nitrogens with zero attached hydrogens (tertiary/aromatic N) is 6. The molecule has 3 rings (SSSR count). The molecule has 0 N–H and O–H groups in total. The zero-order valence-electron chi connectivity index (χ0n) is 14.2. The van der Waals surface area contributed by atoms with Crippen molar-refractivity contribution < 1.29 is 0 Å². The van der Waals surface area contributed by atoms with Gasteiger partial charge in [0.15, 0.2) is 5.82 Å². The number of aryl methyl sites for hydroxylation is 3. The van der Waals surface area contributed by atoms with Gasteiger partial charge in [-0.3, -0.25) is 4.68 Å². The highest BCUT2D eigenvalue weighted by Crippen LogP contribution is 2.29. The van der Waals surface area contributed by atoms with Crippen LogP contribution in [0.1, 0.15) is 41.1 Å². The normalized spacial score (nSPS) is 17.5. The zero-order valence-corrected chi connectivity index (χ0v) is 14.2. The molecule has 1 aliphatic heterocycles. The van der Waals surface area contributed by atoms with Crippen LogP contribution in [0.3, 0.4) is 0 Å². The Morgan fingerprint density at radius 3 is 2.70 bits per heavy atom. The Hall–Kier alpha value is -2.42. The van der Waals surface area contributed by atoms with Crippen LogP contribution in [-0.4, -0.2) is 32.6 Å². The maximum Gasteiger partial charge on any atom is 0.169 e. The number of anilines is 1. The smallest absolute Gasteiger partial charge is 0.169 e. The van der Waals surface area contributed by atoms with Gasteiger partial charge in [0.25, 0.3) is 0 Å². The monoisotopic (exact) mass is 310 g/mol. The van der Waals surface area contributed by atoms with Gasteiger partial charge in [0.05, 0.1) is 24.0 Å². The number of nitriles is 1. The molecular formula is C17H22N6. The Kier molecular flexibility index (Phi) is 4.03. The molecule has 3 heterocycles. The third-order valence-corrected chi connectivity index (χ3v) is 4.68. The molecule has 0 bridgehead atoms. The van der Waals surface area contributed by atoms with E-state index in [0.717, 1.165) is 48.7 Å². The van der Waals surface area contributed by atoms with Gasteiger partial charge in [-0.05, 0) is 52.2 Å². The summed E-state index contributed by atoms with van der Waals surface area (Å²) >= 11 is 0. The molecule has 6 heteroatoms. The van der Waals surface area contributed by atoms with Crippen LogP contribution in [0.4, 0.5) is 5.82 Å². The average Bonchev–Trinajstić information content (AvgIpc) is 3.09. The third-order valence-electron chi connectivity index (χ3n) is 4.68. The van der Waals surface area contributed by atoms with Gasteiger partial charge in [-0.25, -0.2) is 0 Å². The molecule has 0 unspecified atom stereocenters. The molecule has 0 aliphatic carbocycles. The van der Waals surface area contributed by atoms with Gasteiger partial charge in [0.2, 0.25) is 0 Å². The van der Waals surface area contributed by atoms with Crippen molar-refractivity contribution in [3.8, 4) is 6.07 Å². The minimum atomic E-state index is 0.302. The fraction of sp³-hybridized carbons (Fsp3) is 0.529. The Morgan fingerprint density at radius 2 is 2.04 bits per heavy atom. The van der Waals surface area contributed by atoms with Crippen LogP contribution in [0.2, 0.25) is 0 Å². The summed E-state index contributed by atoms with van der Waals surface area (Å²) in [5, 5.41) is 22.7. The van der Waals surface area contributed by atoms with Gasteiger partial charge < -0.3 is 4.90 Å². The van der Waals surface area contributed by atoms with Gasteiger partial charge in [-0.1, -0.05) is 0 Å². The predicted octanol–water partition coefficient (Wildman–Crippen LogP) is 2.45. The van der Waals surface area contributed by atoms with Crippen LogP contribution in [0, 0.1) is 39.0 Å². The first-order valence-electron chi connectivity index (χ1n) is 8.03. The second kappa shape index (κ2) is 5.99. The molecular weight excluding hydrogens is 288 g/mol. The zero-order chi connectivity index (χ0) is 16.6. The van der Waals surface area contributed by atoms with Crippen LogP contribution in [0.15, 0.2) is 6.07 Å². The Bertz CT molecular complexity index is 770. The van der Waals surface area contributed by atoms with Crippen LogP contribution >= 0.6 is 0 Å². The molecule has 23 heavy (non-hydrogen) atoms. The van der Waals surface area contributed by atoms with Crippen LogP contribution < -0.4 is 4.90 Å². The highest BCUT2D eigenvalue weighted by Gasteiger charge is 2.29. The molecule has 6 nitrogen and oxygen atoms in total. The van der Waals surface area contributed by atoms with Gasteiger partial charge in [-0.2, -0.15) is 15.5 Å². The lowest BCUT2D eigenvalue weighted by molar-refractivity contribution is 0.495. The quantitative estimate of drug-likeness (QED) is 0.871. The predicted molar refractivity (Wildman–Crippen MR) is 88.3 cm³/mol. The minimum Gasteiger partial charge on any atom is -0.349 e. The highest BCUT2D eigenvalue weighted by atomic mass is 15.3. The van der Waals surface area contributed by atoms with Crippen molar-refractivity contribution in [1.82, 2.24) is 20.0 Å². The van der Waals surface area contributed by atoms with Crippen molar-refractivity contribution in [3.05, 3.63) is 34.3 Å². The molecule has 1 fully saturated rings. The SMILES string of the molecule is Cc1cc(C)n(C[C@H]2CCCN2c2nnc(C)c(C)c2C#N)n1. The maximum absolute atomic E-state index is 9.55. The van der Waals surface area contributed by atoms with E-state index in [2.05, 4.69) is 43.9 Å². The van der Waals surface area contributed by atoms with E-state index in [1.807, 2.05) is 20.8 Å². The van der Waals surface area contributed by atoms with Gasteiger partial charge in [0.1, 0.15) is 11.6 Å². The summed E-state index contributed by atoms with van der Waals surface area (Å²) in [6.45, 7) is 9.66. The van der Waals surface area contributed by atoms with Gasteiger partial charge >= 0.3 is 0 Å². The molecule has 1 aliphatic rings. The fourth-order valence-electron chi connectivity index (χ4n) is 3.29. The lowest BCUT2D eigenvalue weighted by Gasteiger charge is -2.27. The average molecular weight is 310 g/mol. The van der Waals surface area contributed by atoms with Crippen molar-refractivity contribution in [2.75, 3.05) is 11.4 Å². The second-order valence-electron chi connectivity index (χ2n) is 6.32. The largest absolute Gasteiger partial charge is 0.349 e. The fourth-order valence-corrected chi connectivity index (χ4v) is 3.29.